The highest BCUT2D eigenvalue weighted by atomic mass is 16.6. The van der Waals surface area contributed by atoms with Crippen LogP contribution in [0.4, 0.5) is 4.79 Å². The highest BCUT2D eigenvalue weighted by molar-refractivity contribution is 5.67. The lowest BCUT2D eigenvalue weighted by atomic mass is 9.82. The number of phenols is 1. The molecule has 0 aromatic heterocycles. The number of aryl methyl sites for hydroxylation is 1. The van der Waals surface area contributed by atoms with Gasteiger partial charge in [0.25, 0.3) is 0 Å². The Hall–Kier alpha value is -1.75. The first-order valence-electron chi connectivity index (χ1n) is 7.04. The Morgan fingerprint density at radius 3 is 2.43 bits per heavy atom. The predicted molar refractivity (Wildman–Crippen MR) is 83.5 cm³/mol. The van der Waals surface area contributed by atoms with E-state index < -0.39 is 17.1 Å². The number of carbonyl (C=O) groups is 1. The molecule has 5 nitrogen and oxygen atoms in total. The molecule has 5 heteroatoms. The van der Waals surface area contributed by atoms with Crippen molar-refractivity contribution in [2.45, 2.75) is 45.6 Å². The molecule has 118 valence electrons. The third kappa shape index (κ3) is 4.93. The molecule has 0 saturated heterocycles. The first kappa shape index (κ1) is 17.3. The highest BCUT2D eigenvalue weighted by Gasteiger charge is 2.27. The van der Waals surface area contributed by atoms with Gasteiger partial charge in [-0.05, 0) is 44.9 Å². The smallest absolute Gasteiger partial charge is 0.407 e. The Balaban J connectivity index is 2.80. The second-order valence-corrected chi connectivity index (χ2v) is 6.62. The zero-order valence-corrected chi connectivity index (χ0v) is 13.5. The van der Waals surface area contributed by atoms with Gasteiger partial charge in [-0.25, -0.2) is 4.79 Å². The third-order valence-electron chi connectivity index (χ3n) is 3.38. The highest BCUT2D eigenvalue weighted by Crippen LogP contribution is 2.27. The minimum Gasteiger partial charge on any atom is -0.508 e. The van der Waals surface area contributed by atoms with E-state index in [9.17, 15) is 9.90 Å². The molecule has 0 fully saturated rings. The third-order valence-corrected chi connectivity index (χ3v) is 3.38. The van der Waals surface area contributed by atoms with E-state index in [1.807, 2.05) is 46.8 Å². The van der Waals surface area contributed by atoms with Crippen molar-refractivity contribution in [2.24, 2.45) is 5.73 Å². The van der Waals surface area contributed by atoms with E-state index in [2.05, 4.69) is 5.32 Å². The number of alkyl carbamates (subject to hydrolysis) is 1. The van der Waals surface area contributed by atoms with Gasteiger partial charge < -0.3 is 20.9 Å². The van der Waals surface area contributed by atoms with E-state index >= 15 is 0 Å². The number of ether oxygens (including phenoxy) is 1. The van der Waals surface area contributed by atoms with E-state index in [-0.39, 0.29) is 5.75 Å². The molecule has 1 atom stereocenters. The molecule has 0 radical (unpaired) electrons. The fraction of sp³-hybridized carbons (Fsp3) is 0.562. The summed E-state index contributed by atoms with van der Waals surface area (Å²) in [6, 6.07) is 5.45. The number of carbonyl (C=O) groups excluding carboxylic acids is 1. The summed E-state index contributed by atoms with van der Waals surface area (Å²) in [5.41, 5.74) is 6.54. The van der Waals surface area contributed by atoms with Crippen LogP contribution in [-0.4, -0.2) is 29.9 Å². The average molecular weight is 294 g/mol. The van der Waals surface area contributed by atoms with Crippen molar-refractivity contribution >= 4 is 6.09 Å². The van der Waals surface area contributed by atoms with Gasteiger partial charge in [-0.1, -0.05) is 19.1 Å². The molecule has 0 saturated carbocycles. The second-order valence-electron chi connectivity index (χ2n) is 6.62. The number of aromatic hydroxyl groups is 1. The largest absolute Gasteiger partial charge is 0.508 e. The molecule has 21 heavy (non-hydrogen) atoms. The predicted octanol–water partition coefficient (Wildman–Crippen LogP) is 2.44. The number of nitrogens with one attached hydrogen (secondary N) is 1. The van der Waals surface area contributed by atoms with Crippen molar-refractivity contribution in [1.82, 2.24) is 5.32 Å². The van der Waals surface area contributed by atoms with Crippen LogP contribution >= 0.6 is 0 Å². The van der Waals surface area contributed by atoms with Gasteiger partial charge in [-0.3, -0.25) is 0 Å². The van der Waals surface area contributed by atoms with Gasteiger partial charge in [0.2, 0.25) is 0 Å². The molecule has 0 bridgehead atoms. The van der Waals surface area contributed by atoms with Gasteiger partial charge in [0.1, 0.15) is 11.4 Å². The Labute approximate surface area is 126 Å². The fourth-order valence-electron chi connectivity index (χ4n) is 1.86. The Kier molecular flexibility index (Phi) is 5.23. The molecule has 0 heterocycles. The lowest BCUT2D eigenvalue weighted by molar-refractivity contribution is 0.0516. The lowest BCUT2D eigenvalue weighted by Crippen LogP contribution is -2.45. The van der Waals surface area contributed by atoms with Crippen molar-refractivity contribution < 1.29 is 14.6 Å². The lowest BCUT2D eigenvalue weighted by Gasteiger charge is -2.30. The zero-order chi connectivity index (χ0) is 16.3. The number of amides is 1. The van der Waals surface area contributed by atoms with Gasteiger partial charge in [-0.15, -0.1) is 0 Å². The van der Waals surface area contributed by atoms with Gasteiger partial charge in [0.05, 0.1) is 0 Å². The monoisotopic (exact) mass is 294 g/mol. The Bertz CT molecular complexity index is 509. The van der Waals surface area contributed by atoms with E-state index in [1.54, 1.807) is 6.07 Å². The summed E-state index contributed by atoms with van der Waals surface area (Å²) in [6.07, 6.45) is -0.474. The van der Waals surface area contributed by atoms with Gasteiger partial charge in [0, 0.05) is 18.5 Å². The van der Waals surface area contributed by atoms with Crippen LogP contribution in [0.5, 0.6) is 5.75 Å². The van der Waals surface area contributed by atoms with Crippen molar-refractivity contribution in [1.29, 1.82) is 0 Å². The number of rotatable bonds is 4. The molecule has 1 aromatic rings. The van der Waals surface area contributed by atoms with E-state index in [1.165, 1.54) is 0 Å². The van der Waals surface area contributed by atoms with Gasteiger partial charge in [-0.2, -0.15) is 0 Å². The maximum Gasteiger partial charge on any atom is 0.407 e. The van der Waals surface area contributed by atoms with Gasteiger partial charge in [0.15, 0.2) is 0 Å². The van der Waals surface area contributed by atoms with Crippen molar-refractivity contribution in [3.05, 3.63) is 29.3 Å². The topological polar surface area (TPSA) is 84.6 Å². The molecule has 1 aromatic carbocycles. The van der Waals surface area contributed by atoms with Crippen LogP contribution in [0.3, 0.4) is 0 Å². The first-order chi connectivity index (χ1) is 9.57. The zero-order valence-electron chi connectivity index (χ0n) is 13.5. The fourth-order valence-corrected chi connectivity index (χ4v) is 1.86. The molecule has 0 aliphatic heterocycles. The quantitative estimate of drug-likeness (QED) is 0.796. The maximum absolute atomic E-state index is 11.8. The molecule has 0 spiro atoms. The molecule has 1 rings (SSSR count). The minimum atomic E-state index is -0.536. The van der Waals surface area contributed by atoms with Crippen LogP contribution in [0.2, 0.25) is 0 Å². The van der Waals surface area contributed by atoms with Crippen molar-refractivity contribution in [3.63, 3.8) is 0 Å². The summed E-state index contributed by atoms with van der Waals surface area (Å²) in [4.78, 5) is 11.8. The van der Waals surface area contributed by atoms with Crippen LogP contribution in [0.1, 0.15) is 38.8 Å². The summed E-state index contributed by atoms with van der Waals surface area (Å²) < 4.78 is 5.22. The number of phenolic OH excluding ortho intramolecular Hbond substituents is 1. The number of benzene rings is 1. The van der Waals surface area contributed by atoms with E-state index in [0.717, 1.165) is 11.1 Å². The Morgan fingerprint density at radius 1 is 1.33 bits per heavy atom. The van der Waals surface area contributed by atoms with Crippen molar-refractivity contribution in [3.8, 4) is 5.75 Å². The summed E-state index contributed by atoms with van der Waals surface area (Å²) in [5, 5.41) is 12.6. The van der Waals surface area contributed by atoms with Crippen LogP contribution in [0.15, 0.2) is 18.2 Å². The SMILES string of the molecule is Cc1ccc(C(C)(CN)CNC(=O)OC(C)(C)C)cc1O. The van der Waals surface area contributed by atoms with Crippen LogP contribution in [-0.2, 0) is 10.2 Å². The molecule has 0 aliphatic carbocycles. The van der Waals surface area contributed by atoms with E-state index in [0.29, 0.717) is 13.1 Å². The number of nitrogens with two attached hydrogens (primary N) is 1. The summed E-state index contributed by atoms with van der Waals surface area (Å²) in [5.74, 6) is 0.226. The van der Waals surface area contributed by atoms with E-state index in [4.69, 9.17) is 10.5 Å². The van der Waals surface area contributed by atoms with Gasteiger partial charge >= 0.3 is 6.09 Å². The molecular weight excluding hydrogens is 268 g/mol. The average Bonchev–Trinajstić information content (AvgIpc) is 2.37. The molecule has 1 unspecified atom stereocenters. The standard InChI is InChI=1S/C16H26N2O3/c1-11-6-7-12(8-13(11)19)16(5,9-17)10-18-14(20)21-15(2,3)4/h6-8,19H,9-10,17H2,1-5H3,(H,18,20). The molecule has 1 amide bonds. The van der Waals surface area contributed by atoms with Crippen LogP contribution < -0.4 is 11.1 Å². The van der Waals surface area contributed by atoms with Crippen LogP contribution in [0, 0.1) is 6.92 Å². The summed E-state index contributed by atoms with van der Waals surface area (Å²) in [6.45, 7) is 9.88. The normalized spacial score (nSPS) is 14.4. The summed E-state index contributed by atoms with van der Waals surface area (Å²) >= 11 is 0. The van der Waals surface area contributed by atoms with Crippen LogP contribution in [0.25, 0.3) is 0 Å². The second kappa shape index (κ2) is 6.35. The molecule has 0 aliphatic rings. The maximum atomic E-state index is 11.8. The minimum absolute atomic E-state index is 0.226. The Morgan fingerprint density at radius 2 is 1.95 bits per heavy atom. The summed E-state index contributed by atoms with van der Waals surface area (Å²) in [7, 11) is 0. The van der Waals surface area contributed by atoms with Crippen molar-refractivity contribution in [2.75, 3.05) is 13.1 Å². The molecule has 4 N–H and O–H groups in total. The first-order valence-corrected chi connectivity index (χ1v) is 7.04. The molecular formula is C16H26N2O3. The number of hydrogen-bond donors (Lipinski definition) is 3. The number of hydrogen-bond acceptors (Lipinski definition) is 4.